The average Bonchev–Trinajstić information content (AvgIpc) is 2.56. The Morgan fingerprint density at radius 3 is 2.48 bits per heavy atom. The van der Waals surface area contributed by atoms with Crippen molar-refractivity contribution in [2.45, 2.75) is 77.6 Å². The maximum Gasteiger partial charge on any atom is 0.169 e. The lowest BCUT2D eigenvalue weighted by Gasteiger charge is -2.29. The van der Waals surface area contributed by atoms with E-state index in [4.69, 9.17) is 0 Å². The van der Waals surface area contributed by atoms with Crippen molar-refractivity contribution in [3.63, 3.8) is 0 Å². The van der Waals surface area contributed by atoms with E-state index in [0.29, 0.717) is 12.0 Å². The van der Waals surface area contributed by atoms with Crippen LogP contribution in [-0.2, 0) is 0 Å². The van der Waals surface area contributed by atoms with Crippen LogP contribution in [0.25, 0.3) is 0 Å². The molecule has 1 aromatic rings. The number of carbonyl (C=O) groups is 1. The lowest BCUT2D eigenvalue weighted by molar-refractivity contribution is 0.0976. The van der Waals surface area contributed by atoms with E-state index >= 15 is 0 Å². The van der Waals surface area contributed by atoms with Crippen LogP contribution in [0, 0.1) is 11.7 Å². The molecule has 2 rings (SSSR count). The van der Waals surface area contributed by atoms with Crippen molar-refractivity contribution >= 4 is 5.78 Å². The molecule has 3 heteroatoms. The predicted octanol–water partition coefficient (Wildman–Crippen LogP) is 5.98. The molecule has 2 nitrogen and oxygen atoms in total. The topological polar surface area (TPSA) is 37.3 Å². The second kappa shape index (κ2) is 8.47. The van der Waals surface area contributed by atoms with Crippen LogP contribution >= 0.6 is 0 Å². The Morgan fingerprint density at radius 1 is 1.17 bits per heavy atom. The minimum absolute atomic E-state index is 0.138. The SMILES string of the molecule is CCCCC(=O)c1ccc(C2CCC(CCC)CC2)c(F)c1O. The third-order valence-corrected chi connectivity index (χ3v) is 5.19. The molecule has 1 fully saturated rings. The van der Waals surface area contributed by atoms with Gasteiger partial charge in [-0.15, -0.1) is 0 Å². The van der Waals surface area contributed by atoms with Crippen molar-refractivity contribution in [1.82, 2.24) is 0 Å². The summed E-state index contributed by atoms with van der Waals surface area (Å²) >= 11 is 0. The van der Waals surface area contributed by atoms with E-state index in [1.807, 2.05) is 6.92 Å². The molecule has 23 heavy (non-hydrogen) atoms. The number of benzene rings is 1. The van der Waals surface area contributed by atoms with Gasteiger partial charge in [0.15, 0.2) is 17.3 Å². The van der Waals surface area contributed by atoms with Crippen LogP contribution in [0.1, 0.15) is 93.5 Å². The first-order valence-corrected chi connectivity index (χ1v) is 9.13. The second-order valence-corrected chi connectivity index (χ2v) is 6.90. The van der Waals surface area contributed by atoms with Crippen LogP contribution in [0.4, 0.5) is 4.39 Å². The number of carbonyl (C=O) groups excluding carboxylic acids is 1. The third-order valence-electron chi connectivity index (χ3n) is 5.19. The molecule has 0 atom stereocenters. The highest BCUT2D eigenvalue weighted by atomic mass is 19.1. The van der Waals surface area contributed by atoms with Crippen LogP contribution in [0.5, 0.6) is 5.75 Å². The van der Waals surface area contributed by atoms with Gasteiger partial charge in [0, 0.05) is 6.42 Å². The van der Waals surface area contributed by atoms with Gasteiger partial charge < -0.3 is 5.11 Å². The molecular formula is C20H29FO2. The normalized spacial score (nSPS) is 21.3. The van der Waals surface area contributed by atoms with Gasteiger partial charge in [0.25, 0.3) is 0 Å². The molecule has 0 aromatic heterocycles. The zero-order valence-electron chi connectivity index (χ0n) is 14.4. The number of ketones is 1. The fourth-order valence-electron chi connectivity index (χ4n) is 3.76. The summed E-state index contributed by atoms with van der Waals surface area (Å²) in [4.78, 5) is 12.1. The van der Waals surface area contributed by atoms with Crippen molar-refractivity contribution in [2.75, 3.05) is 0 Å². The molecule has 1 aliphatic rings. The van der Waals surface area contributed by atoms with Gasteiger partial charge in [-0.05, 0) is 55.6 Å². The number of phenols is 1. The van der Waals surface area contributed by atoms with Crippen LogP contribution in [0.2, 0.25) is 0 Å². The third kappa shape index (κ3) is 4.33. The van der Waals surface area contributed by atoms with Gasteiger partial charge in [-0.1, -0.05) is 39.2 Å². The van der Waals surface area contributed by atoms with Gasteiger partial charge >= 0.3 is 0 Å². The second-order valence-electron chi connectivity index (χ2n) is 6.90. The standard InChI is InChI=1S/C20H29FO2/c1-3-5-7-18(22)17-13-12-16(19(21)20(17)23)15-10-8-14(6-4-2)9-11-15/h12-15,23H,3-11H2,1-2H3. The summed E-state index contributed by atoms with van der Waals surface area (Å²) in [6, 6.07) is 3.34. The van der Waals surface area contributed by atoms with Crippen molar-refractivity contribution in [3.8, 4) is 5.75 Å². The number of aromatic hydroxyl groups is 1. The molecule has 1 aliphatic carbocycles. The zero-order chi connectivity index (χ0) is 16.8. The molecule has 0 saturated heterocycles. The van der Waals surface area contributed by atoms with Gasteiger partial charge in [-0.3, -0.25) is 4.79 Å². The molecule has 0 amide bonds. The van der Waals surface area contributed by atoms with Crippen LogP contribution in [0.15, 0.2) is 12.1 Å². The van der Waals surface area contributed by atoms with E-state index in [-0.39, 0.29) is 17.3 Å². The number of halogens is 1. The van der Waals surface area contributed by atoms with E-state index in [1.54, 1.807) is 12.1 Å². The Bertz CT molecular complexity index is 531. The summed E-state index contributed by atoms with van der Waals surface area (Å²) in [6.45, 7) is 4.21. The number of hydrogen-bond acceptors (Lipinski definition) is 2. The lowest BCUT2D eigenvalue weighted by Crippen LogP contribution is -2.14. The van der Waals surface area contributed by atoms with E-state index < -0.39 is 11.6 Å². The first kappa shape index (κ1) is 18.0. The Kier molecular flexibility index (Phi) is 6.61. The molecule has 0 bridgehead atoms. The zero-order valence-corrected chi connectivity index (χ0v) is 14.4. The van der Waals surface area contributed by atoms with Gasteiger partial charge in [0.2, 0.25) is 0 Å². The fraction of sp³-hybridized carbons (Fsp3) is 0.650. The summed E-state index contributed by atoms with van der Waals surface area (Å²) in [5.74, 6) is -0.247. The Morgan fingerprint density at radius 2 is 1.87 bits per heavy atom. The van der Waals surface area contributed by atoms with Gasteiger partial charge in [-0.25, -0.2) is 4.39 Å². The van der Waals surface area contributed by atoms with Crippen LogP contribution in [0.3, 0.4) is 0 Å². The summed E-state index contributed by atoms with van der Waals surface area (Å²) in [6.07, 6.45) is 8.73. The molecule has 0 aliphatic heterocycles. The minimum atomic E-state index is -0.578. The summed E-state index contributed by atoms with van der Waals surface area (Å²) in [7, 11) is 0. The van der Waals surface area contributed by atoms with Crippen molar-refractivity contribution in [2.24, 2.45) is 5.92 Å². The molecule has 1 N–H and O–H groups in total. The Hall–Kier alpha value is -1.38. The maximum atomic E-state index is 14.6. The monoisotopic (exact) mass is 320 g/mol. The quantitative estimate of drug-likeness (QED) is 0.628. The highest BCUT2D eigenvalue weighted by Crippen LogP contribution is 2.40. The van der Waals surface area contributed by atoms with Gasteiger partial charge in [0.05, 0.1) is 5.56 Å². The number of hydrogen-bond donors (Lipinski definition) is 1. The molecule has 128 valence electrons. The van der Waals surface area contributed by atoms with Crippen molar-refractivity contribution in [1.29, 1.82) is 0 Å². The maximum absolute atomic E-state index is 14.6. The molecule has 0 heterocycles. The Balaban J connectivity index is 2.10. The lowest BCUT2D eigenvalue weighted by atomic mass is 9.77. The van der Waals surface area contributed by atoms with Crippen LogP contribution < -0.4 is 0 Å². The fourth-order valence-corrected chi connectivity index (χ4v) is 3.76. The van der Waals surface area contributed by atoms with E-state index in [2.05, 4.69) is 6.92 Å². The summed E-state index contributed by atoms with van der Waals surface area (Å²) in [5, 5.41) is 10.1. The first-order chi connectivity index (χ1) is 11.1. The highest BCUT2D eigenvalue weighted by Gasteiger charge is 2.26. The average molecular weight is 320 g/mol. The number of Topliss-reactive ketones (excluding diaryl/α,β-unsaturated/α-hetero) is 1. The van der Waals surface area contributed by atoms with E-state index in [1.165, 1.54) is 12.8 Å². The summed E-state index contributed by atoms with van der Waals surface area (Å²) in [5.41, 5.74) is 0.726. The number of phenolic OH excluding ortho intramolecular Hbond substituents is 1. The largest absolute Gasteiger partial charge is 0.504 e. The van der Waals surface area contributed by atoms with Crippen molar-refractivity contribution in [3.05, 3.63) is 29.1 Å². The van der Waals surface area contributed by atoms with Crippen molar-refractivity contribution < 1.29 is 14.3 Å². The molecule has 1 aromatic carbocycles. The minimum Gasteiger partial charge on any atom is -0.504 e. The molecule has 1 saturated carbocycles. The number of unbranched alkanes of at least 4 members (excludes halogenated alkanes) is 1. The van der Waals surface area contributed by atoms with E-state index in [0.717, 1.165) is 44.4 Å². The molecule has 0 unspecified atom stereocenters. The predicted molar refractivity (Wildman–Crippen MR) is 91.5 cm³/mol. The summed E-state index contributed by atoms with van der Waals surface area (Å²) < 4.78 is 14.6. The van der Waals surface area contributed by atoms with E-state index in [9.17, 15) is 14.3 Å². The highest BCUT2D eigenvalue weighted by molar-refractivity contribution is 5.98. The first-order valence-electron chi connectivity index (χ1n) is 9.13. The van der Waals surface area contributed by atoms with Gasteiger partial charge in [-0.2, -0.15) is 0 Å². The molecular weight excluding hydrogens is 291 g/mol. The molecule has 0 radical (unpaired) electrons. The Labute approximate surface area is 139 Å². The van der Waals surface area contributed by atoms with Crippen LogP contribution in [-0.4, -0.2) is 10.9 Å². The smallest absolute Gasteiger partial charge is 0.169 e. The van der Waals surface area contributed by atoms with Gasteiger partial charge in [0.1, 0.15) is 0 Å². The molecule has 0 spiro atoms. The number of rotatable bonds is 7.